The summed E-state index contributed by atoms with van der Waals surface area (Å²) >= 11 is 0. The molecule has 0 aliphatic carbocycles. The van der Waals surface area contributed by atoms with E-state index in [0.29, 0.717) is 18.7 Å². The predicted molar refractivity (Wildman–Crippen MR) is 142 cm³/mol. The third-order valence-corrected chi connectivity index (χ3v) is 7.25. The zero-order valence-electron chi connectivity index (χ0n) is 22.0. The predicted octanol–water partition coefficient (Wildman–Crippen LogP) is 4.10. The zero-order valence-corrected chi connectivity index (χ0v) is 22.8. The minimum absolute atomic E-state index is 0.0397. The number of anilines is 1. The van der Waals surface area contributed by atoms with Crippen molar-refractivity contribution >= 4 is 27.5 Å². The van der Waals surface area contributed by atoms with Crippen molar-refractivity contribution in [3.63, 3.8) is 0 Å². The van der Waals surface area contributed by atoms with Crippen LogP contribution in [0.3, 0.4) is 0 Å². The van der Waals surface area contributed by atoms with E-state index in [2.05, 4.69) is 5.32 Å². The molecule has 0 saturated carbocycles. The number of aryl methyl sites for hydroxylation is 2. The summed E-state index contributed by atoms with van der Waals surface area (Å²) < 4.78 is 26.5. The quantitative estimate of drug-likeness (QED) is 0.502. The van der Waals surface area contributed by atoms with E-state index in [0.717, 1.165) is 22.3 Å². The lowest BCUT2D eigenvalue weighted by molar-refractivity contribution is -0.140. The molecule has 0 aliphatic rings. The highest BCUT2D eigenvalue weighted by Crippen LogP contribution is 2.25. The molecule has 1 atom stereocenters. The average molecular weight is 502 g/mol. The van der Waals surface area contributed by atoms with Gasteiger partial charge in [-0.05, 0) is 70.7 Å². The molecule has 2 rings (SSSR count). The summed E-state index contributed by atoms with van der Waals surface area (Å²) in [6.45, 7) is 11.8. The number of hydrogen-bond donors (Lipinski definition) is 1. The van der Waals surface area contributed by atoms with Crippen LogP contribution < -0.4 is 9.62 Å². The molecule has 2 amide bonds. The van der Waals surface area contributed by atoms with Crippen LogP contribution in [0, 0.1) is 20.8 Å². The normalized spacial score (nSPS) is 12.3. The number of hydrogen-bond acceptors (Lipinski definition) is 4. The first-order valence-electron chi connectivity index (χ1n) is 12.0. The standard InChI is InChI=1S/C27H39N3O4S/c1-19(2)28-27(32)23(6)29(18-24-15-13-20(3)14-16-24)26(31)12-9-17-30(35(7,33)34)25-11-8-10-21(4)22(25)5/h8,10-11,13-16,19,23H,9,12,17-18H2,1-7H3,(H,28,32)/t23-/m0/s1. The molecule has 2 aromatic carbocycles. The number of rotatable bonds is 11. The summed E-state index contributed by atoms with van der Waals surface area (Å²) in [5.41, 5.74) is 4.57. The van der Waals surface area contributed by atoms with Crippen LogP contribution in [0.4, 0.5) is 5.69 Å². The second kappa shape index (κ2) is 12.2. The van der Waals surface area contributed by atoms with Gasteiger partial charge in [0.25, 0.3) is 0 Å². The third kappa shape index (κ3) is 8.09. The van der Waals surface area contributed by atoms with Crippen molar-refractivity contribution in [3.05, 3.63) is 64.7 Å². The summed E-state index contributed by atoms with van der Waals surface area (Å²) in [6, 6.07) is 12.7. The first-order valence-corrected chi connectivity index (χ1v) is 13.9. The highest BCUT2D eigenvalue weighted by molar-refractivity contribution is 7.92. The fourth-order valence-electron chi connectivity index (χ4n) is 3.87. The topological polar surface area (TPSA) is 86.8 Å². The molecule has 0 heterocycles. The highest BCUT2D eigenvalue weighted by atomic mass is 32.2. The fourth-order valence-corrected chi connectivity index (χ4v) is 4.88. The van der Waals surface area contributed by atoms with Crippen molar-refractivity contribution in [2.45, 2.75) is 73.0 Å². The Morgan fingerprint density at radius 1 is 0.971 bits per heavy atom. The Hall–Kier alpha value is -2.87. The SMILES string of the molecule is Cc1ccc(CN(C(=O)CCCN(c2cccc(C)c2C)S(C)(=O)=O)[C@@H](C)C(=O)NC(C)C)cc1. The van der Waals surface area contributed by atoms with Gasteiger partial charge in [0.15, 0.2) is 0 Å². The van der Waals surface area contributed by atoms with Crippen molar-refractivity contribution in [2.75, 3.05) is 17.1 Å². The smallest absolute Gasteiger partial charge is 0.242 e. The van der Waals surface area contributed by atoms with Gasteiger partial charge < -0.3 is 10.2 Å². The number of sulfonamides is 1. The molecule has 0 bridgehead atoms. The summed E-state index contributed by atoms with van der Waals surface area (Å²) in [4.78, 5) is 27.6. The van der Waals surface area contributed by atoms with Crippen LogP contribution >= 0.6 is 0 Å². The molecule has 8 heteroatoms. The molecule has 0 radical (unpaired) electrons. The van der Waals surface area contributed by atoms with Crippen molar-refractivity contribution in [1.29, 1.82) is 0 Å². The van der Waals surface area contributed by atoms with Crippen LogP contribution in [0.2, 0.25) is 0 Å². The lowest BCUT2D eigenvalue weighted by Crippen LogP contribution is -2.49. The van der Waals surface area contributed by atoms with E-state index in [9.17, 15) is 18.0 Å². The van der Waals surface area contributed by atoms with Crippen LogP contribution in [0.25, 0.3) is 0 Å². The number of carbonyl (C=O) groups excluding carboxylic acids is 2. The summed E-state index contributed by atoms with van der Waals surface area (Å²) in [5, 5.41) is 2.88. The molecule has 0 aliphatic heterocycles. The van der Waals surface area contributed by atoms with Gasteiger partial charge in [0.2, 0.25) is 21.8 Å². The maximum Gasteiger partial charge on any atom is 0.242 e. The van der Waals surface area contributed by atoms with E-state index in [1.165, 1.54) is 10.6 Å². The summed E-state index contributed by atoms with van der Waals surface area (Å²) in [6.07, 6.45) is 1.64. The molecule has 2 aromatic rings. The van der Waals surface area contributed by atoms with Crippen molar-refractivity contribution in [1.82, 2.24) is 10.2 Å². The third-order valence-electron chi connectivity index (χ3n) is 6.07. The molecule has 7 nitrogen and oxygen atoms in total. The van der Waals surface area contributed by atoms with E-state index in [4.69, 9.17) is 0 Å². The fraction of sp³-hybridized carbons (Fsp3) is 0.481. The summed E-state index contributed by atoms with van der Waals surface area (Å²) in [5.74, 6) is -0.403. The Balaban J connectivity index is 2.20. The van der Waals surface area contributed by atoms with Gasteiger partial charge in [0, 0.05) is 25.6 Å². The van der Waals surface area contributed by atoms with Crippen LogP contribution in [0.5, 0.6) is 0 Å². The minimum Gasteiger partial charge on any atom is -0.352 e. The largest absolute Gasteiger partial charge is 0.352 e. The van der Waals surface area contributed by atoms with Crippen LogP contribution in [-0.4, -0.2) is 50.0 Å². The minimum atomic E-state index is -3.53. The first kappa shape index (κ1) is 28.4. The van der Waals surface area contributed by atoms with E-state index >= 15 is 0 Å². The van der Waals surface area contributed by atoms with Gasteiger partial charge in [-0.15, -0.1) is 0 Å². The number of nitrogens with zero attached hydrogens (tertiary/aromatic N) is 2. The van der Waals surface area contributed by atoms with Crippen LogP contribution in [-0.2, 0) is 26.2 Å². The summed E-state index contributed by atoms with van der Waals surface area (Å²) in [7, 11) is -3.53. The van der Waals surface area contributed by atoms with Crippen LogP contribution in [0.1, 0.15) is 55.9 Å². The van der Waals surface area contributed by atoms with Gasteiger partial charge in [0.05, 0.1) is 11.9 Å². The Kier molecular flexibility index (Phi) is 9.89. The molecule has 0 aromatic heterocycles. The monoisotopic (exact) mass is 501 g/mol. The van der Waals surface area contributed by atoms with E-state index in [-0.39, 0.29) is 30.8 Å². The molecule has 0 spiro atoms. The second-order valence-electron chi connectivity index (χ2n) is 9.50. The van der Waals surface area contributed by atoms with Gasteiger partial charge in [-0.25, -0.2) is 8.42 Å². The van der Waals surface area contributed by atoms with Gasteiger partial charge in [-0.3, -0.25) is 13.9 Å². The van der Waals surface area contributed by atoms with Crippen molar-refractivity contribution in [3.8, 4) is 0 Å². The van der Waals surface area contributed by atoms with Gasteiger partial charge in [0.1, 0.15) is 6.04 Å². The Bertz CT molecular complexity index is 1130. The van der Waals surface area contributed by atoms with Gasteiger partial charge in [-0.1, -0.05) is 42.0 Å². The number of nitrogens with one attached hydrogen (secondary N) is 1. The molecule has 1 N–H and O–H groups in total. The number of benzene rings is 2. The van der Waals surface area contributed by atoms with Crippen LogP contribution in [0.15, 0.2) is 42.5 Å². The van der Waals surface area contributed by atoms with Gasteiger partial charge in [-0.2, -0.15) is 0 Å². The Morgan fingerprint density at radius 3 is 2.17 bits per heavy atom. The van der Waals surface area contributed by atoms with Crippen molar-refractivity contribution < 1.29 is 18.0 Å². The molecule has 192 valence electrons. The highest BCUT2D eigenvalue weighted by Gasteiger charge is 2.27. The number of amides is 2. The molecule has 0 saturated heterocycles. The molecule has 0 fully saturated rings. The molecule has 35 heavy (non-hydrogen) atoms. The maximum atomic E-state index is 13.3. The van der Waals surface area contributed by atoms with Crippen molar-refractivity contribution in [2.24, 2.45) is 0 Å². The average Bonchev–Trinajstić information content (AvgIpc) is 2.76. The second-order valence-corrected chi connectivity index (χ2v) is 11.4. The number of carbonyl (C=O) groups is 2. The lowest BCUT2D eigenvalue weighted by Gasteiger charge is -2.30. The van der Waals surface area contributed by atoms with E-state index in [1.54, 1.807) is 17.9 Å². The Morgan fingerprint density at radius 2 is 1.60 bits per heavy atom. The Labute approximate surface area is 210 Å². The lowest BCUT2D eigenvalue weighted by atomic mass is 10.1. The first-order chi connectivity index (χ1) is 16.3. The maximum absolute atomic E-state index is 13.3. The zero-order chi connectivity index (χ0) is 26.3. The van der Waals surface area contributed by atoms with E-state index in [1.807, 2.05) is 71.0 Å². The molecule has 0 unspecified atom stereocenters. The molecular formula is C27H39N3O4S. The van der Waals surface area contributed by atoms with Gasteiger partial charge >= 0.3 is 0 Å². The molecular weight excluding hydrogens is 462 g/mol. The van der Waals surface area contributed by atoms with E-state index < -0.39 is 16.1 Å².